The summed E-state index contributed by atoms with van der Waals surface area (Å²) in [6.45, 7) is 9.99. The van der Waals surface area contributed by atoms with Gasteiger partial charge in [0.15, 0.2) is 0 Å². The van der Waals surface area contributed by atoms with Crippen molar-refractivity contribution in [1.29, 1.82) is 0 Å². The number of ether oxygens (including phenoxy) is 1. The minimum absolute atomic E-state index is 0.0452. The van der Waals surface area contributed by atoms with Crippen molar-refractivity contribution in [2.24, 2.45) is 5.41 Å². The Labute approximate surface area is 205 Å². The molecule has 1 aliphatic rings. The van der Waals surface area contributed by atoms with Crippen LogP contribution in [-0.4, -0.2) is 46.2 Å². The summed E-state index contributed by atoms with van der Waals surface area (Å²) < 4.78 is 11.5. The number of carbonyl (C=O) groups excluding carboxylic acids is 1. The van der Waals surface area contributed by atoms with Crippen molar-refractivity contribution >= 4 is 11.5 Å². The Morgan fingerprint density at radius 3 is 2.51 bits per heavy atom. The van der Waals surface area contributed by atoms with Gasteiger partial charge >= 0.3 is 5.97 Å². The number of hydrogen-bond acceptors (Lipinski definition) is 6. The Bertz CT molecular complexity index is 1330. The molecule has 0 radical (unpaired) electrons. The summed E-state index contributed by atoms with van der Waals surface area (Å²) >= 11 is 0. The van der Waals surface area contributed by atoms with Gasteiger partial charge in [0.1, 0.15) is 6.10 Å². The highest BCUT2D eigenvalue weighted by atomic mass is 16.5. The Morgan fingerprint density at radius 2 is 1.80 bits per heavy atom. The molecule has 0 N–H and O–H groups in total. The Balaban J connectivity index is 1.37. The summed E-state index contributed by atoms with van der Waals surface area (Å²) in [6, 6.07) is 2.56. The average Bonchev–Trinajstić information content (AvgIpc) is 3.56. The zero-order chi connectivity index (χ0) is 24.7. The highest BCUT2D eigenvalue weighted by Crippen LogP contribution is 2.36. The second-order valence-corrected chi connectivity index (χ2v) is 10.4. The van der Waals surface area contributed by atoms with E-state index in [2.05, 4.69) is 35.3 Å². The van der Waals surface area contributed by atoms with E-state index in [1.54, 1.807) is 6.20 Å². The van der Waals surface area contributed by atoms with Gasteiger partial charge in [-0.2, -0.15) is 15.3 Å². The summed E-state index contributed by atoms with van der Waals surface area (Å²) in [6.07, 6.45) is 15.1. The standard InChI is InChI=1S/C26H33N7O2/c1-6-19(7-2)31-15-18(13-29-31)24-23-8-9-27-33(23)16-22(30-24)17-12-28-32(14-17)20-10-21(11-20)35-25(34)26(3,4)5/h8-9,12-16,19-21H,6-7,10-11H2,1-5H3. The van der Waals surface area contributed by atoms with E-state index < -0.39 is 5.41 Å². The third kappa shape index (κ3) is 4.47. The van der Waals surface area contributed by atoms with Crippen molar-refractivity contribution in [3.8, 4) is 22.5 Å². The van der Waals surface area contributed by atoms with Gasteiger partial charge in [-0.25, -0.2) is 9.50 Å². The van der Waals surface area contributed by atoms with Crippen molar-refractivity contribution in [2.75, 3.05) is 0 Å². The van der Waals surface area contributed by atoms with E-state index >= 15 is 0 Å². The second kappa shape index (κ2) is 8.94. The largest absolute Gasteiger partial charge is 0.462 e. The molecule has 0 atom stereocenters. The molecule has 35 heavy (non-hydrogen) atoms. The number of hydrogen-bond donors (Lipinski definition) is 0. The Kier molecular flexibility index (Phi) is 5.94. The molecule has 9 nitrogen and oxygen atoms in total. The molecule has 0 bridgehead atoms. The molecular weight excluding hydrogens is 442 g/mol. The topological polar surface area (TPSA) is 92.1 Å². The third-order valence-electron chi connectivity index (χ3n) is 6.81. The number of esters is 1. The quantitative estimate of drug-likeness (QED) is 0.345. The van der Waals surface area contributed by atoms with Crippen LogP contribution in [0.2, 0.25) is 0 Å². The van der Waals surface area contributed by atoms with Crippen molar-refractivity contribution in [1.82, 2.24) is 34.2 Å². The van der Waals surface area contributed by atoms with E-state index in [9.17, 15) is 4.79 Å². The maximum Gasteiger partial charge on any atom is 0.311 e. The molecule has 1 saturated carbocycles. The molecule has 0 aliphatic heterocycles. The van der Waals surface area contributed by atoms with Crippen LogP contribution >= 0.6 is 0 Å². The van der Waals surface area contributed by atoms with Crippen molar-refractivity contribution < 1.29 is 9.53 Å². The van der Waals surface area contributed by atoms with Crippen LogP contribution in [0.5, 0.6) is 0 Å². The first-order valence-corrected chi connectivity index (χ1v) is 12.4. The maximum atomic E-state index is 12.1. The maximum absolute atomic E-state index is 12.1. The lowest BCUT2D eigenvalue weighted by molar-refractivity contribution is -0.164. The predicted molar refractivity (Wildman–Crippen MR) is 133 cm³/mol. The SMILES string of the molecule is CCC(CC)n1cc(-c2nc(-c3cnn(C4CC(OC(=O)C(C)(C)C)C4)c3)cn3nccc23)cn1. The highest BCUT2D eigenvalue weighted by molar-refractivity contribution is 5.78. The lowest BCUT2D eigenvalue weighted by atomic mass is 9.88. The molecule has 0 unspecified atom stereocenters. The zero-order valence-corrected chi connectivity index (χ0v) is 21.0. The first-order chi connectivity index (χ1) is 16.8. The lowest BCUT2D eigenvalue weighted by Crippen LogP contribution is -2.38. The van der Waals surface area contributed by atoms with Crippen LogP contribution in [0.15, 0.2) is 43.2 Å². The summed E-state index contributed by atoms with van der Waals surface area (Å²) in [4.78, 5) is 17.1. The molecule has 9 heteroatoms. The Morgan fingerprint density at radius 1 is 1.06 bits per heavy atom. The summed E-state index contributed by atoms with van der Waals surface area (Å²) in [5.41, 5.74) is 4.00. The molecule has 0 saturated heterocycles. The molecule has 4 heterocycles. The average molecular weight is 476 g/mol. The monoisotopic (exact) mass is 475 g/mol. The predicted octanol–water partition coefficient (Wildman–Crippen LogP) is 5.11. The summed E-state index contributed by atoms with van der Waals surface area (Å²) in [7, 11) is 0. The van der Waals surface area contributed by atoms with Gasteiger partial charge in [-0.05, 0) is 39.7 Å². The fraction of sp³-hybridized carbons (Fsp3) is 0.500. The number of rotatable bonds is 7. The molecule has 184 valence electrons. The summed E-state index contributed by atoms with van der Waals surface area (Å²) in [5.74, 6) is -0.154. The van der Waals surface area contributed by atoms with Gasteiger partial charge in [-0.3, -0.25) is 14.2 Å². The molecule has 4 aromatic rings. The van der Waals surface area contributed by atoms with Crippen molar-refractivity contribution in [3.63, 3.8) is 0 Å². The minimum atomic E-state index is -0.483. The third-order valence-corrected chi connectivity index (χ3v) is 6.81. The molecule has 0 aromatic carbocycles. The van der Waals surface area contributed by atoms with E-state index in [1.165, 1.54) is 0 Å². The van der Waals surface area contributed by atoms with E-state index in [0.29, 0.717) is 6.04 Å². The molecule has 4 aromatic heterocycles. The molecule has 5 rings (SSSR count). The highest BCUT2D eigenvalue weighted by Gasteiger charge is 2.36. The van der Waals surface area contributed by atoms with Crippen LogP contribution < -0.4 is 0 Å². The van der Waals surface area contributed by atoms with Gasteiger partial charge in [0.2, 0.25) is 0 Å². The van der Waals surface area contributed by atoms with Gasteiger partial charge in [-0.1, -0.05) is 13.8 Å². The van der Waals surface area contributed by atoms with Crippen LogP contribution in [0.3, 0.4) is 0 Å². The van der Waals surface area contributed by atoms with Crippen molar-refractivity contribution in [3.05, 3.63) is 43.2 Å². The number of aromatic nitrogens is 7. The van der Waals surface area contributed by atoms with Gasteiger partial charge in [0.05, 0.1) is 59.2 Å². The molecule has 0 spiro atoms. The smallest absolute Gasteiger partial charge is 0.311 e. The lowest BCUT2D eigenvalue weighted by Gasteiger charge is -2.36. The number of nitrogens with zero attached hydrogens (tertiary/aromatic N) is 7. The van der Waals surface area contributed by atoms with Gasteiger partial charge in [0, 0.05) is 36.4 Å². The van der Waals surface area contributed by atoms with E-state index in [-0.39, 0.29) is 18.1 Å². The van der Waals surface area contributed by atoms with E-state index in [1.807, 2.05) is 65.5 Å². The minimum Gasteiger partial charge on any atom is -0.462 e. The molecular formula is C26H33N7O2. The molecule has 1 fully saturated rings. The van der Waals surface area contributed by atoms with Crippen LogP contribution in [0.1, 0.15) is 72.4 Å². The fourth-order valence-electron chi connectivity index (χ4n) is 4.45. The summed E-state index contributed by atoms with van der Waals surface area (Å²) in [5, 5.41) is 13.7. The van der Waals surface area contributed by atoms with Crippen LogP contribution in [0.25, 0.3) is 28.0 Å². The van der Waals surface area contributed by atoms with Gasteiger partial charge < -0.3 is 4.74 Å². The number of carbonyl (C=O) groups is 1. The van der Waals surface area contributed by atoms with Gasteiger partial charge in [-0.15, -0.1) is 0 Å². The normalized spacial score (nSPS) is 18.2. The fourth-order valence-corrected chi connectivity index (χ4v) is 4.45. The first kappa shape index (κ1) is 23.3. The second-order valence-electron chi connectivity index (χ2n) is 10.4. The Hall–Kier alpha value is -3.49. The van der Waals surface area contributed by atoms with Crippen LogP contribution in [0.4, 0.5) is 0 Å². The van der Waals surface area contributed by atoms with E-state index in [4.69, 9.17) is 9.72 Å². The van der Waals surface area contributed by atoms with Crippen LogP contribution in [0, 0.1) is 5.41 Å². The molecule has 0 amide bonds. The first-order valence-electron chi connectivity index (χ1n) is 12.4. The van der Waals surface area contributed by atoms with Gasteiger partial charge in [0.25, 0.3) is 0 Å². The van der Waals surface area contributed by atoms with E-state index in [0.717, 1.165) is 53.7 Å². The van der Waals surface area contributed by atoms with Crippen molar-refractivity contribution in [2.45, 2.75) is 78.5 Å². The molecule has 1 aliphatic carbocycles. The number of fused-ring (bicyclic) bond motifs is 1. The zero-order valence-electron chi connectivity index (χ0n) is 21.0. The van der Waals surface area contributed by atoms with Crippen LogP contribution in [-0.2, 0) is 9.53 Å².